The highest BCUT2D eigenvalue weighted by atomic mass is 32.2. The van der Waals surface area contributed by atoms with E-state index in [-0.39, 0.29) is 17.7 Å². The van der Waals surface area contributed by atoms with Gasteiger partial charge < -0.3 is 10.4 Å². The molecule has 8 heteroatoms. The third-order valence-corrected chi connectivity index (χ3v) is 7.55. The average molecular weight is 440 g/mol. The van der Waals surface area contributed by atoms with Gasteiger partial charge in [0.15, 0.2) is 0 Å². The number of anilines is 1. The van der Waals surface area contributed by atoms with E-state index in [1.807, 2.05) is 39.8 Å². The van der Waals surface area contributed by atoms with Crippen LogP contribution in [0.5, 0.6) is 0 Å². The molecule has 0 bridgehead atoms. The lowest BCUT2D eigenvalue weighted by atomic mass is 9.92. The molecule has 1 heterocycles. The molecule has 29 heavy (non-hydrogen) atoms. The summed E-state index contributed by atoms with van der Waals surface area (Å²) in [5, 5.41) is 13.1. The van der Waals surface area contributed by atoms with Gasteiger partial charge in [0, 0.05) is 21.4 Å². The molecule has 0 aliphatic rings. The van der Waals surface area contributed by atoms with Crippen molar-refractivity contribution in [1.29, 1.82) is 0 Å². The zero-order valence-electron chi connectivity index (χ0n) is 18.0. The zero-order valence-corrected chi connectivity index (χ0v) is 19.6. The van der Waals surface area contributed by atoms with E-state index in [9.17, 15) is 14.3 Å². The second-order valence-corrected chi connectivity index (χ2v) is 10.9. The Morgan fingerprint density at radius 1 is 1.17 bits per heavy atom. The molecule has 0 aliphatic heterocycles. The summed E-state index contributed by atoms with van der Waals surface area (Å²) in [5.41, 5.74) is 1.19. The maximum Gasteiger partial charge on any atom is 0.352 e. The Morgan fingerprint density at radius 2 is 1.72 bits per heavy atom. The summed E-state index contributed by atoms with van der Waals surface area (Å²) in [6.07, 6.45) is 0. The number of carbonyl (C=O) groups is 1. The molecule has 0 radical (unpaired) electrons. The highest BCUT2D eigenvalue weighted by molar-refractivity contribution is 7.87. The van der Waals surface area contributed by atoms with Gasteiger partial charge in [-0.05, 0) is 68.1 Å². The fraction of sp³-hybridized carbons (Fsp3) is 0.476. The molecule has 2 rings (SSSR count). The molecule has 1 aromatic heterocycles. The fourth-order valence-electron chi connectivity index (χ4n) is 2.86. The predicted octanol–water partition coefficient (Wildman–Crippen LogP) is 5.89. The van der Waals surface area contributed by atoms with Crippen molar-refractivity contribution in [3.05, 3.63) is 46.1 Å². The Bertz CT molecular complexity index is 886. The third-order valence-electron chi connectivity index (χ3n) is 4.38. The zero-order chi connectivity index (χ0) is 21.9. The van der Waals surface area contributed by atoms with Crippen molar-refractivity contribution in [2.24, 2.45) is 4.36 Å². The number of benzene rings is 1. The normalized spacial score (nSPS) is 13.3. The van der Waals surface area contributed by atoms with Crippen LogP contribution in [0.15, 0.2) is 32.8 Å². The van der Waals surface area contributed by atoms with Crippen molar-refractivity contribution in [2.75, 3.05) is 12.4 Å². The van der Waals surface area contributed by atoms with Crippen LogP contribution in [-0.2, 0) is 16.5 Å². The average Bonchev–Trinajstić information content (AvgIpc) is 3.10. The van der Waals surface area contributed by atoms with E-state index in [0.29, 0.717) is 5.69 Å². The van der Waals surface area contributed by atoms with E-state index < -0.39 is 22.5 Å². The maximum atomic E-state index is 14.1. The summed E-state index contributed by atoms with van der Waals surface area (Å²) in [7, 11) is 0.881. The Morgan fingerprint density at radius 3 is 2.14 bits per heavy atom. The molecule has 1 unspecified atom stereocenters. The molecule has 0 saturated heterocycles. The van der Waals surface area contributed by atoms with Crippen molar-refractivity contribution in [3.8, 4) is 0 Å². The van der Waals surface area contributed by atoms with Gasteiger partial charge >= 0.3 is 6.03 Å². The quantitative estimate of drug-likeness (QED) is 0.525. The summed E-state index contributed by atoms with van der Waals surface area (Å²) >= 11 is 1.42. The second kappa shape index (κ2) is 9.47. The molecule has 5 nitrogen and oxygen atoms in total. The van der Waals surface area contributed by atoms with E-state index in [1.54, 1.807) is 20.9 Å². The van der Waals surface area contributed by atoms with Crippen LogP contribution < -0.4 is 10.0 Å². The van der Waals surface area contributed by atoms with Crippen molar-refractivity contribution in [1.82, 2.24) is 4.72 Å². The van der Waals surface area contributed by atoms with Gasteiger partial charge in [0.2, 0.25) is 0 Å². The first kappa shape index (κ1) is 23.7. The van der Waals surface area contributed by atoms with E-state index in [1.165, 1.54) is 23.5 Å². The van der Waals surface area contributed by atoms with E-state index >= 15 is 0 Å². The van der Waals surface area contributed by atoms with Gasteiger partial charge in [-0.15, -0.1) is 11.3 Å². The number of halogens is 1. The molecule has 1 atom stereocenters. The molecule has 2 amide bonds. The summed E-state index contributed by atoms with van der Waals surface area (Å²) in [5.74, 6) is -0.208. The molecule has 3 N–H and O–H groups in total. The van der Waals surface area contributed by atoms with Gasteiger partial charge in [0.05, 0.1) is 9.81 Å². The van der Waals surface area contributed by atoms with Crippen molar-refractivity contribution in [2.45, 2.75) is 63.2 Å². The molecule has 0 spiro atoms. The van der Waals surface area contributed by atoms with E-state index in [4.69, 9.17) is 0 Å². The van der Waals surface area contributed by atoms with E-state index in [0.717, 1.165) is 20.2 Å². The molecular weight excluding hydrogens is 409 g/mol. The summed E-state index contributed by atoms with van der Waals surface area (Å²) in [4.78, 5) is 13.5. The topological polar surface area (TPSA) is 73.7 Å². The minimum atomic E-state index is -0.944. The van der Waals surface area contributed by atoms with Gasteiger partial charge in [-0.2, -0.15) is 4.36 Å². The van der Waals surface area contributed by atoms with E-state index in [2.05, 4.69) is 14.4 Å². The molecule has 160 valence electrons. The lowest BCUT2D eigenvalue weighted by Gasteiger charge is -2.20. The van der Waals surface area contributed by atoms with Gasteiger partial charge in [0.1, 0.15) is 5.82 Å². The number of urea groups is 1. The van der Waals surface area contributed by atoms with Crippen LogP contribution >= 0.6 is 11.3 Å². The minimum absolute atomic E-state index is 0.0488. The standard InChI is InChI=1S/C21H30FN3O2S2/c1-12(2)15-10-14(22)11-16(13(3)4)19(15)24-20(26)25-29(23-7)18-9-8-17(28-18)21(5,6)27/h8-13,27H,1-7H3,(H2,23,24,25,26). The van der Waals surface area contributed by atoms with Gasteiger partial charge in [-0.1, -0.05) is 27.7 Å². The number of nitrogens with zero attached hydrogens (tertiary/aromatic N) is 1. The smallest absolute Gasteiger partial charge is 0.352 e. The first-order chi connectivity index (χ1) is 13.4. The Labute approximate surface area is 179 Å². The molecule has 1 aromatic carbocycles. The Kier molecular flexibility index (Phi) is 7.73. The number of thiophene rings is 1. The monoisotopic (exact) mass is 439 g/mol. The molecule has 0 aliphatic carbocycles. The summed E-state index contributed by atoms with van der Waals surface area (Å²) in [6.45, 7) is 11.3. The van der Waals surface area contributed by atoms with Crippen molar-refractivity contribution < 1.29 is 14.3 Å². The van der Waals surface area contributed by atoms with Crippen LogP contribution in [0.4, 0.5) is 14.9 Å². The van der Waals surface area contributed by atoms with Crippen LogP contribution in [-0.4, -0.2) is 18.2 Å². The number of rotatable bonds is 6. The maximum absolute atomic E-state index is 14.1. The number of hydrogen-bond donors (Lipinski definition) is 3. The Balaban J connectivity index is 2.39. The van der Waals surface area contributed by atoms with Crippen LogP contribution in [0.3, 0.4) is 0 Å². The largest absolute Gasteiger partial charge is 0.385 e. The lowest BCUT2D eigenvalue weighted by molar-refractivity contribution is 0.0825. The SMILES string of the molecule is CN/S(=N\C(=O)Nc1c(C(C)C)cc(F)cc1C(C)C)c1ccc(C(C)(C)O)s1. The molecule has 0 fully saturated rings. The number of amides is 2. The first-order valence-corrected chi connectivity index (χ1v) is 11.5. The van der Waals surface area contributed by atoms with Crippen molar-refractivity contribution >= 4 is 33.9 Å². The number of aliphatic hydroxyl groups is 1. The number of hydrogen-bond acceptors (Lipinski definition) is 3. The second-order valence-electron chi connectivity index (χ2n) is 7.96. The van der Waals surface area contributed by atoms with Crippen LogP contribution in [0.2, 0.25) is 0 Å². The molecule has 2 aromatic rings. The number of nitrogens with one attached hydrogen (secondary N) is 2. The summed E-state index contributed by atoms with van der Waals surface area (Å²) < 4.78 is 22.3. The van der Waals surface area contributed by atoms with Crippen LogP contribution in [0.25, 0.3) is 0 Å². The lowest BCUT2D eigenvalue weighted by Crippen LogP contribution is -2.17. The minimum Gasteiger partial charge on any atom is -0.385 e. The first-order valence-electron chi connectivity index (χ1n) is 9.54. The van der Waals surface area contributed by atoms with Gasteiger partial charge in [-0.25, -0.2) is 9.18 Å². The third kappa shape index (κ3) is 5.94. The van der Waals surface area contributed by atoms with Crippen molar-refractivity contribution in [3.63, 3.8) is 0 Å². The highest BCUT2D eigenvalue weighted by Gasteiger charge is 2.21. The fourth-order valence-corrected chi connectivity index (χ4v) is 5.34. The van der Waals surface area contributed by atoms with Gasteiger partial charge in [0.25, 0.3) is 0 Å². The van der Waals surface area contributed by atoms with Gasteiger partial charge in [-0.3, -0.25) is 4.72 Å². The van der Waals surface area contributed by atoms with Crippen LogP contribution in [0.1, 0.15) is 69.4 Å². The highest BCUT2D eigenvalue weighted by Crippen LogP contribution is 2.34. The number of carbonyl (C=O) groups excluding carboxylic acids is 1. The predicted molar refractivity (Wildman–Crippen MR) is 120 cm³/mol. The van der Waals surface area contributed by atoms with Crippen LogP contribution in [0, 0.1) is 5.82 Å². The molecule has 0 saturated carbocycles. The summed E-state index contributed by atoms with van der Waals surface area (Å²) in [6, 6.07) is 6.16. The molecular formula is C21H30FN3O2S2. The Hall–Kier alpha value is -1.61.